The smallest absolute Gasteiger partial charge is 0.276 e. The highest BCUT2D eigenvalue weighted by Crippen LogP contribution is 2.37. The van der Waals surface area contributed by atoms with Gasteiger partial charge in [-0.3, -0.25) is 24.1 Å². The van der Waals surface area contributed by atoms with E-state index in [2.05, 4.69) is 17.0 Å². The van der Waals surface area contributed by atoms with Gasteiger partial charge < -0.3 is 5.32 Å². The van der Waals surface area contributed by atoms with Gasteiger partial charge in [0.25, 0.3) is 5.91 Å². The molecule has 0 aliphatic carbocycles. The molecule has 1 aliphatic rings. The van der Waals surface area contributed by atoms with Crippen molar-refractivity contribution in [1.29, 1.82) is 0 Å². The highest BCUT2D eigenvalue weighted by Gasteiger charge is 2.32. The number of likely N-dealkylation sites (N-methyl/N-ethyl adjacent to an activating group) is 1. The van der Waals surface area contributed by atoms with Crippen molar-refractivity contribution in [3.8, 4) is 0 Å². The van der Waals surface area contributed by atoms with E-state index in [4.69, 9.17) is 0 Å². The number of rotatable bonds is 5. The lowest BCUT2D eigenvalue weighted by molar-refractivity contribution is -0.118. The lowest BCUT2D eigenvalue weighted by Crippen LogP contribution is -2.39. The fraction of sp³-hybridized carbons (Fsp3) is 0.316. The van der Waals surface area contributed by atoms with E-state index in [9.17, 15) is 9.59 Å². The molecule has 7 heteroatoms. The van der Waals surface area contributed by atoms with E-state index in [0.29, 0.717) is 29.3 Å². The van der Waals surface area contributed by atoms with E-state index < -0.39 is 0 Å². The largest absolute Gasteiger partial charge is 0.319 e. The lowest BCUT2D eigenvalue weighted by atomic mass is 10.2. The Morgan fingerprint density at radius 1 is 1.27 bits per heavy atom. The number of carbonyl (C=O) groups excluding carboxylic acids is 2. The van der Waals surface area contributed by atoms with E-state index >= 15 is 0 Å². The summed E-state index contributed by atoms with van der Waals surface area (Å²) < 4.78 is 1.49. The minimum Gasteiger partial charge on any atom is -0.319 e. The number of anilines is 3. The summed E-state index contributed by atoms with van der Waals surface area (Å²) in [5, 5.41) is 7.05. The number of amides is 2. The van der Waals surface area contributed by atoms with E-state index in [1.54, 1.807) is 24.2 Å². The quantitative estimate of drug-likeness (QED) is 0.839. The summed E-state index contributed by atoms with van der Waals surface area (Å²) in [4.78, 5) is 29.4. The number of nitrogens with one attached hydrogen (secondary N) is 1. The molecule has 136 valence electrons. The van der Waals surface area contributed by atoms with Crippen molar-refractivity contribution in [2.24, 2.45) is 7.05 Å². The van der Waals surface area contributed by atoms with Gasteiger partial charge in [-0.05, 0) is 25.6 Å². The Hall–Kier alpha value is -2.93. The van der Waals surface area contributed by atoms with Crippen LogP contribution in [0, 0.1) is 0 Å². The number of fused-ring (bicyclic) bond motifs is 2. The van der Waals surface area contributed by atoms with Crippen LogP contribution < -0.4 is 10.2 Å². The molecule has 1 aromatic heterocycles. The van der Waals surface area contributed by atoms with Gasteiger partial charge >= 0.3 is 0 Å². The summed E-state index contributed by atoms with van der Waals surface area (Å²) in [6, 6.07) is 7.29. The molecular formula is C19H23N5O2. The number of para-hydroxylation sites is 2. The molecule has 0 fully saturated rings. The van der Waals surface area contributed by atoms with Crippen LogP contribution in [0.15, 0.2) is 42.6 Å². The minimum absolute atomic E-state index is 0.119. The maximum atomic E-state index is 13.2. The Morgan fingerprint density at radius 3 is 2.69 bits per heavy atom. The molecule has 0 spiro atoms. The monoisotopic (exact) mass is 353 g/mol. The molecule has 0 saturated carbocycles. The number of carbonyl (C=O) groups is 2. The zero-order chi connectivity index (χ0) is 18.8. The zero-order valence-electron chi connectivity index (χ0n) is 15.3. The summed E-state index contributed by atoms with van der Waals surface area (Å²) in [7, 11) is 1.69. The summed E-state index contributed by atoms with van der Waals surface area (Å²) in [6.45, 7) is 9.47. The average Bonchev–Trinajstić information content (AvgIpc) is 2.90. The van der Waals surface area contributed by atoms with E-state index in [0.717, 1.165) is 12.1 Å². The Labute approximate surface area is 152 Å². The van der Waals surface area contributed by atoms with Gasteiger partial charge in [0.15, 0.2) is 0 Å². The summed E-state index contributed by atoms with van der Waals surface area (Å²) in [5.74, 6) is -0.400. The van der Waals surface area contributed by atoms with Gasteiger partial charge in [0.2, 0.25) is 5.91 Å². The van der Waals surface area contributed by atoms with Crippen LogP contribution in [0.2, 0.25) is 0 Å². The number of hydrogen-bond acceptors (Lipinski definition) is 4. The van der Waals surface area contributed by atoms with Crippen molar-refractivity contribution in [3.05, 3.63) is 48.3 Å². The molecule has 2 amide bonds. The lowest BCUT2D eigenvalue weighted by Gasteiger charge is -2.26. The molecule has 1 N–H and O–H groups in total. The highest BCUT2D eigenvalue weighted by atomic mass is 16.2. The average molecular weight is 353 g/mol. The Balaban J connectivity index is 2.04. The SMILES string of the molecule is C=C(C)CN(CC)CC(=O)N1c2ccccc2NC(=O)c2c1cnn2C. The molecule has 26 heavy (non-hydrogen) atoms. The standard InChI is InChI=1S/C19H23N5O2/c1-5-23(11-13(2)3)12-17(25)24-15-9-7-6-8-14(15)21-19(26)18-16(24)10-20-22(18)4/h6-10H,2,5,11-12H2,1,3-4H3,(H,21,26). The Bertz CT molecular complexity index is 871. The molecular weight excluding hydrogens is 330 g/mol. The Kier molecular flexibility index (Phi) is 4.90. The summed E-state index contributed by atoms with van der Waals surface area (Å²) in [5.41, 5.74) is 3.09. The van der Waals surface area contributed by atoms with Crippen LogP contribution in [0.1, 0.15) is 24.3 Å². The second-order valence-electron chi connectivity index (χ2n) is 6.46. The molecule has 0 atom stereocenters. The van der Waals surface area contributed by atoms with Crippen LogP contribution in [0.25, 0.3) is 0 Å². The van der Waals surface area contributed by atoms with Gasteiger partial charge in [-0.1, -0.05) is 31.2 Å². The second kappa shape index (κ2) is 7.13. The fourth-order valence-electron chi connectivity index (χ4n) is 3.13. The van der Waals surface area contributed by atoms with Crippen LogP contribution in [0.4, 0.5) is 17.1 Å². The molecule has 0 radical (unpaired) electrons. The maximum absolute atomic E-state index is 13.2. The third kappa shape index (κ3) is 3.25. The van der Waals surface area contributed by atoms with Crippen LogP contribution in [-0.4, -0.2) is 46.1 Å². The molecule has 0 unspecified atom stereocenters. The van der Waals surface area contributed by atoms with Crippen molar-refractivity contribution in [3.63, 3.8) is 0 Å². The maximum Gasteiger partial charge on any atom is 0.276 e. The van der Waals surface area contributed by atoms with E-state index in [-0.39, 0.29) is 18.4 Å². The van der Waals surface area contributed by atoms with Gasteiger partial charge in [-0.15, -0.1) is 0 Å². The summed E-state index contributed by atoms with van der Waals surface area (Å²) >= 11 is 0. The number of aryl methyl sites for hydroxylation is 1. The van der Waals surface area contributed by atoms with Crippen molar-refractivity contribution < 1.29 is 9.59 Å². The van der Waals surface area contributed by atoms with E-state index in [1.165, 1.54) is 4.68 Å². The number of benzene rings is 1. The van der Waals surface area contributed by atoms with Gasteiger partial charge in [0, 0.05) is 13.6 Å². The van der Waals surface area contributed by atoms with Crippen LogP contribution in [0.3, 0.4) is 0 Å². The van der Waals surface area contributed by atoms with Gasteiger partial charge in [-0.2, -0.15) is 5.10 Å². The van der Waals surface area contributed by atoms with Gasteiger partial charge in [0.1, 0.15) is 11.4 Å². The van der Waals surface area contributed by atoms with Gasteiger partial charge in [-0.25, -0.2) is 0 Å². The molecule has 1 aliphatic heterocycles. The molecule has 2 heterocycles. The van der Waals surface area contributed by atoms with Crippen molar-refractivity contribution >= 4 is 28.9 Å². The molecule has 3 rings (SSSR count). The normalized spacial score (nSPS) is 13.1. The first-order chi connectivity index (χ1) is 12.4. The van der Waals surface area contributed by atoms with Crippen molar-refractivity contribution in [1.82, 2.24) is 14.7 Å². The predicted octanol–water partition coefficient (Wildman–Crippen LogP) is 2.55. The number of aromatic nitrogens is 2. The third-order valence-corrected chi connectivity index (χ3v) is 4.32. The van der Waals surface area contributed by atoms with Crippen LogP contribution >= 0.6 is 0 Å². The number of nitrogens with zero attached hydrogens (tertiary/aromatic N) is 4. The molecule has 2 aromatic rings. The van der Waals surface area contributed by atoms with Gasteiger partial charge in [0.05, 0.1) is 24.1 Å². The van der Waals surface area contributed by atoms with Crippen molar-refractivity contribution in [2.45, 2.75) is 13.8 Å². The molecule has 7 nitrogen and oxygen atoms in total. The highest BCUT2D eigenvalue weighted by molar-refractivity contribution is 6.17. The minimum atomic E-state index is -0.281. The fourth-order valence-corrected chi connectivity index (χ4v) is 3.13. The Morgan fingerprint density at radius 2 is 2.00 bits per heavy atom. The second-order valence-corrected chi connectivity index (χ2v) is 6.46. The first-order valence-corrected chi connectivity index (χ1v) is 8.54. The molecule has 0 saturated heterocycles. The van der Waals surface area contributed by atoms with E-state index in [1.807, 2.05) is 36.9 Å². The predicted molar refractivity (Wildman–Crippen MR) is 102 cm³/mol. The van der Waals surface area contributed by atoms with Crippen LogP contribution in [0.5, 0.6) is 0 Å². The zero-order valence-corrected chi connectivity index (χ0v) is 15.3. The van der Waals surface area contributed by atoms with Crippen molar-refractivity contribution in [2.75, 3.05) is 29.9 Å². The third-order valence-electron chi connectivity index (χ3n) is 4.32. The summed E-state index contributed by atoms with van der Waals surface area (Å²) in [6.07, 6.45) is 1.56. The topological polar surface area (TPSA) is 70.5 Å². The molecule has 1 aromatic carbocycles. The number of hydrogen-bond donors (Lipinski definition) is 1. The first kappa shape index (κ1) is 17.9. The molecule has 0 bridgehead atoms. The van der Waals surface area contributed by atoms with Crippen LogP contribution in [-0.2, 0) is 11.8 Å². The first-order valence-electron chi connectivity index (χ1n) is 8.54.